The lowest BCUT2D eigenvalue weighted by Gasteiger charge is -2.09. The molecule has 0 unspecified atom stereocenters. The number of thioether (sulfide) groups is 1. The number of nitrogens with two attached hydrogens (primary N) is 1. The highest BCUT2D eigenvalue weighted by Gasteiger charge is 2.16. The predicted octanol–water partition coefficient (Wildman–Crippen LogP) is 2.97. The van der Waals surface area contributed by atoms with Crippen LogP contribution in [0, 0.1) is 0 Å². The Hall–Kier alpha value is -3.20. The highest BCUT2D eigenvalue weighted by Crippen LogP contribution is 2.32. The Morgan fingerprint density at radius 2 is 1.83 bits per heavy atom. The molecule has 0 radical (unpaired) electrons. The summed E-state index contributed by atoms with van der Waals surface area (Å²) in [6.07, 6.45) is 0.957. The Bertz CT molecular complexity index is 988. The summed E-state index contributed by atoms with van der Waals surface area (Å²) in [5, 5.41) is 11.5. The topological polar surface area (TPSA) is 104 Å². The van der Waals surface area contributed by atoms with Crippen LogP contribution in [-0.4, -0.2) is 40.8 Å². The first-order valence-corrected chi connectivity index (χ1v) is 9.98. The molecule has 0 atom stereocenters. The first kappa shape index (κ1) is 20.5. The highest BCUT2D eigenvalue weighted by molar-refractivity contribution is 7.99. The Kier molecular flexibility index (Phi) is 6.61. The van der Waals surface area contributed by atoms with Gasteiger partial charge in [0, 0.05) is 11.3 Å². The molecule has 0 aliphatic heterocycles. The van der Waals surface area contributed by atoms with Crippen molar-refractivity contribution in [2.45, 2.75) is 18.5 Å². The van der Waals surface area contributed by atoms with E-state index in [4.69, 9.17) is 15.3 Å². The first-order chi connectivity index (χ1) is 14.0. The SMILES string of the molecule is CCc1ccc(NC(=O)CSc2nnc(-c3ccc(OC)c(OC)c3)n2N)cc1. The largest absolute Gasteiger partial charge is 0.493 e. The summed E-state index contributed by atoms with van der Waals surface area (Å²) in [5.41, 5.74) is 2.70. The molecule has 152 valence electrons. The van der Waals surface area contributed by atoms with Crippen molar-refractivity contribution >= 4 is 23.4 Å². The number of methoxy groups -OCH3 is 2. The van der Waals surface area contributed by atoms with Crippen LogP contribution >= 0.6 is 11.8 Å². The van der Waals surface area contributed by atoms with Crippen LogP contribution in [0.15, 0.2) is 47.6 Å². The lowest BCUT2D eigenvalue weighted by atomic mass is 10.1. The van der Waals surface area contributed by atoms with Crippen molar-refractivity contribution in [3.05, 3.63) is 48.0 Å². The Morgan fingerprint density at radius 3 is 2.48 bits per heavy atom. The van der Waals surface area contributed by atoms with E-state index in [1.165, 1.54) is 22.0 Å². The fourth-order valence-corrected chi connectivity index (χ4v) is 3.36. The van der Waals surface area contributed by atoms with E-state index in [0.717, 1.165) is 17.7 Å². The number of nitrogens with one attached hydrogen (secondary N) is 1. The standard InChI is InChI=1S/C20H23N5O3S/c1-4-13-5-8-15(9-6-13)22-18(26)12-29-20-24-23-19(25(20)21)14-7-10-16(27-2)17(11-14)28-3/h5-11H,4,12,21H2,1-3H3,(H,22,26). The van der Waals surface area contributed by atoms with Crippen LogP contribution in [0.4, 0.5) is 5.69 Å². The Balaban J connectivity index is 1.65. The van der Waals surface area contributed by atoms with Crippen LogP contribution in [0.5, 0.6) is 11.5 Å². The molecule has 29 heavy (non-hydrogen) atoms. The lowest BCUT2D eigenvalue weighted by molar-refractivity contribution is -0.113. The maximum absolute atomic E-state index is 12.2. The molecule has 0 saturated carbocycles. The number of carbonyl (C=O) groups excluding carboxylic acids is 1. The molecule has 1 amide bonds. The molecule has 9 heteroatoms. The minimum absolute atomic E-state index is 0.144. The third-order valence-corrected chi connectivity index (χ3v) is 5.23. The van der Waals surface area contributed by atoms with Crippen molar-refractivity contribution in [1.29, 1.82) is 0 Å². The first-order valence-electron chi connectivity index (χ1n) is 9.00. The second-order valence-electron chi connectivity index (χ2n) is 6.13. The minimum atomic E-state index is -0.144. The van der Waals surface area contributed by atoms with E-state index >= 15 is 0 Å². The summed E-state index contributed by atoms with van der Waals surface area (Å²) >= 11 is 1.21. The number of anilines is 1. The zero-order valence-corrected chi connectivity index (χ0v) is 17.3. The van der Waals surface area contributed by atoms with Gasteiger partial charge in [0.2, 0.25) is 11.1 Å². The van der Waals surface area contributed by atoms with Crippen LogP contribution in [-0.2, 0) is 11.2 Å². The number of aromatic nitrogens is 3. The maximum Gasteiger partial charge on any atom is 0.234 e. The molecular weight excluding hydrogens is 390 g/mol. The van der Waals surface area contributed by atoms with Crippen molar-refractivity contribution in [2.75, 3.05) is 31.1 Å². The van der Waals surface area contributed by atoms with Gasteiger partial charge in [-0.3, -0.25) is 4.79 Å². The van der Waals surface area contributed by atoms with Gasteiger partial charge in [0.15, 0.2) is 17.3 Å². The van der Waals surface area contributed by atoms with Gasteiger partial charge in [-0.2, -0.15) is 0 Å². The number of carbonyl (C=O) groups is 1. The van der Waals surface area contributed by atoms with Crippen molar-refractivity contribution < 1.29 is 14.3 Å². The van der Waals surface area contributed by atoms with Crippen molar-refractivity contribution in [1.82, 2.24) is 14.9 Å². The summed E-state index contributed by atoms with van der Waals surface area (Å²) in [5.74, 6) is 7.79. The zero-order valence-electron chi connectivity index (χ0n) is 16.5. The lowest BCUT2D eigenvalue weighted by Crippen LogP contribution is -2.16. The monoisotopic (exact) mass is 413 g/mol. The molecule has 0 bridgehead atoms. The van der Waals surface area contributed by atoms with Gasteiger partial charge in [-0.15, -0.1) is 10.2 Å². The number of rotatable bonds is 8. The van der Waals surface area contributed by atoms with E-state index in [0.29, 0.717) is 22.5 Å². The van der Waals surface area contributed by atoms with E-state index in [-0.39, 0.29) is 11.7 Å². The molecule has 8 nitrogen and oxygen atoms in total. The van der Waals surface area contributed by atoms with Crippen LogP contribution in [0.2, 0.25) is 0 Å². The van der Waals surface area contributed by atoms with E-state index in [2.05, 4.69) is 22.4 Å². The van der Waals surface area contributed by atoms with Crippen molar-refractivity contribution in [3.8, 4) is 22.9 Å². The molecule has 0 fully saturated rings. The molecule has 1 heterocycles. The fourth-order valence-electron chi connectivity index (χ4n) is 2.70. The van der Waals surface area contributed by atoms with Crippen molar-refractivity contribution in [3.63, 3.8) is 0 Å². The molecule has 0 aliphatic rings. The molecule has 0 saturated heterocycles. The smallest absolute Gasteiger partial charge is 0.234 e. The highest BCUT2D eigenvalue weighted by atomic mass is 32.2. The van der Waals surface area contributed by atoms with Gasteiger partial charge >= 0.3 is 0 Å². The fraction of sp³-hybridized carbons (Fsp3) is 0.250. The number of aryl methyl sites for hydroxylation is 1. The second-order valence-corrected chi connectivity index (χ2v) is 7.08. The number of amides is 1. The summed E-state index contributed by atoms with van der Waals surface area (Å²) in [6.45, 7) is 2.09. The van der Waals surface area contributed by atoms with Gasteiger partial charge in [-0.25, -0.2) is 4.68 Å². The van der Waals surface area contributed by atoms with Gasteiger partial charge < -0.3 is 20.6 Å². The minimum Gasteiger partial charge on any atom is -0.493 e. The number of hydrogen-bond acceptors (Lipinski definition) is 7. The normalized spacial score (nSPS) is 10.6. The molecule has 3 aromatic rings. The van der Waals surface area contributed by atoms with Gasteiger partial charge in [0.25, 0.3) is 0 Å². The third kappa shape index (κ3) is 4.80. The molecule has 0 spiro atoms. The van der Waals surface area contributed by atoms with Crippen LogP contribution in [0.3, 0.4) is 0 Å². The van der Waals surface area contributed by atoms with Gasteiger partial charge in [0.05, 0.1) is 20.0 Å². The third-order valence-electron chi connectivity index (χ3n) is 4.28. The van der Waals surface area contributed by atoms with Gasteiger partial charge in [-0.1, -0.05) is 30.8 Å². The van der Waals surface area contributed by atoms with Crippen LogP contribution in [0.1, 0.15) is 12.5 Å². The number of benzene rings is 2. The predicted molar refractivity (Wildman–Crippen MR) is 114 cm³/mol. The average molecular weight is 414 g/mol. The van der Waals surface area contributed by atoms with E-state index in [1.54, 1.807) is 26.4 Å². The second kappa shape index (κ2) is 9.33. The summed E-state index contributed by atoms with van der Waals surface area (Å²) in [4.78, 5) is 12.2. The average Bonchev–Trinajstić information content (AvgIpc) is 3.12. The van der Waals surface area contributed by atoms with Gasteiger partial charge in [-0.05, 0) is 42.3 Å². The van der Waals surface area contributed by atoms with E-state index in [1.807, 2.05) is 30.3 Å². The van der Waals surface area contributed by atoms with Gasteiger partial charge in [0.1, 0.15) is 0 Å². The number of ether oxygens (including phenoxy) is 2. The molecule has 3 rings (SSSR count). The maximum atomic E-state index is 12.2. The van der Waals surface area contributed by atoms with Crippen molar-refractivity contribution in [2.24, 2.45) is 0 Å². The summed E-state index contributed by atoms with van der Waals surface area (Å²) in [6, 6.07) is 13.1. The number of nitrogens with zero attached hydrogens (tertiary/aromatic N) is 3. The van der Waals surface area contributed by atoms with E-state index in [9.17, 15) is 4.79 Å². The molecule has 1 aromatic heterocycles. The molecular formula is C20H23N5O3S. The van der Waals surface area contributed by atoms with Crippen LogP contribution < -0.4 is 20.6 Å². The summed E-state index contributed by atoms with van der Waals surface area (Å²) in [7, 11) is 3.13. The quantitative estimate of drug-likeness (QED) is 0.432. The van der Waals surface area contributed by atoms with Crippen LogP contribution in [0.25, 0.3) is 11.4 Å². The number of nitrogen functional groups attached to an aromatic ring is 1. The molecule has 2 aromatic carbocycles. The Morgan fingerprint density at radius 1 is 1.10 bits per heavy atom. The zero-order chi connectivity index (χ0) is 20.8. The number of hydrogen-bond donors (Lipinski definition) is 2. The van der Waals surface area contributed by atoms with E-state index < -0.39 is 0 Å². The summed E-state index contributed by atoms with van der Waals surface area (Å²) < 4.78 is 11.9. The molecule has 3 N–H and O–H groups in total. The molecule has 0 aliphatic carbocycles. The Labute approximate surface area is 173 Å².